The van der Waals surface area contributed by atoms with E-state index in [1.807, 2.05) is 0 Å². The largest absolute Gasteiger partial charge is 0.299 e. The Morgan fingerprint density at radius 1 is 1.58 bits per heavy atom. The molecule has 0 aromatic heterocycles. The van der Waals surface area contributed by atoms with Crippen LogP contribution in [-0.2, 0) is 4.79 Å². The number of hydrogen-bond donors (Lipinski definition) is 0. The molecule has 2 aliphatic carbocycles. The van der Waals surface area contributed by atoms with Gasteiger partial charge in [-0.3, -0.25) is 4.79 Å². The van der Waals surface area contributed by atoms with Crippen LogP contribution in [0.5, 0.6) is 0 Å². The number of alkyl halides is 1. The predicted octanol–water partition coefficient (Wildman–Crippen LogP) is 2.55. The molecular formula is C10H13BrO. The minimum absolute atomic E-state index is 0.367. The first-order chi connectivity index (χ1) is 5.84. The SMILES string of the molecule is O=C1[C@H]2CC=C[C@H]2[C@H]1CCCBr. The number of rotatable bonds is 3. The van der Waals surface area contributed by atoms with Crippen molar-refractivity contribution in [2.75, 3.05) is 5.33 Å². The summed E-state index contributed by atoms with van der Waals surface area (Å²) in [4.78, 5) is 11.5. The van der Waals surface area contributed by atoms with Crippen LogP contribution in [0.2, 0.25) is 0 Å². The van der Waals surface area contributed by atoms with Crippen molar-refractivity contribution in [3.63, 3.8) is 0 Å². The van der Waals surface area contributed by atoms with Crippen LogP contribution < -0.4 is 0 Å². The standard InChI is InChI=1S/C10H13BrO/c11-6-2-5-9-7-3-1-4-8(7)10(9)12/h1,3,7-9H,2,4-6H2/t7-,8+,9-/m1/s1. The molecule has 0 amide bonds. The highest BCUT2D eigenvalue weighted by Crippen LogP contribution is 2.46. The maximum Gasteiger partial charge on any atom is 0.140 e. The second kappa shape index (κ2) is 3.33. The minimum Gasteiger partial charge on any atom is -0.299 e. The van der Waals surface area contributed by atoms with Crippen LogP contribution in [0.25, 0.3) is 0 Å². The van der Waals surface area contributed by atoms with Gasteiger partial charge in [0.05, 0.1) is 0 Å². The quantitative estimate of drug-likeness (QED) is 0.537. The molecule has 12 heavy (non-hydrogen) atoms. The highest BCUT2D eigenvalue weighted by atomic mass is 79.9. The van der Waals surface area contributed by atoms with Crippen LogP contribution in [0.15, 0.2) is 12.2 Å². The zero-order valence-corrected chi connectivity index (χ0v) is 8.59. The molecule has 2 aliphatic rings. The number of carbonyl (C=O) groups is 1. The lowest BCUT2D eigenvalue weighted by Crippen LogP contribution is -2.44. The van der Waals surface area contributed by atoms with Gasteiger partial charge in [-0.2, -0.15) is 0 Å². The van der Waals surface area contributed by atoms with Crippen molar-refractivity contribution >= 4 is 21.7 Å². The average molecular weight is 229 g/mol. The first-order valence-electron chi connectivity index (χ1n) is 4.61. The van der Waals surface area contributed by atoms with Crippen molar-refractivity contribution < 1.29 is 4.79 Å². The molecule has 0 aromatic carbocycles. The molecule has 1 nitrogen and oxygen atoms in total. The van der Waals surface area contributed by atoms with E-state index < -0.39 is 0 Å². The number of ketones is 1. The summed E-state index contributed by atoms with van der Waals surface area (Å²) in [6.45, 7) is 0. The van der Waals surface area contributed by atoms with Crippen molar-refractivity contribution in [2.24, 2.45) is 17.8 Å². The Hall–Kier alpha value is -0.110. The molecule has 0 spiro atoms. The molecule has 3 atom stereocenters. The summed E-state index contributed by atoms with van der Waals surface area (Å²) in [5.74, 6) is 1.87. The van der Waals surface area contributed by atoms with Gasteiger partial charge in [0, 0.05) is 17.2 Å². The van der Waals surface area contributed by atoms with E-state index in [0.717, 1.165) is 24.6 Å². The summed E-state index contributed by atoms with van der Waals surface area (Å²) < 4.78 is 0. The smallest absolute Gasteiger partial charge is 0.140 e. The van der Waals surface area contributed by atoms with Gasteiger partial charge in [-0.1, -0.05) is 28.1 Å². The molecule has 0 aromatic rings. The Kier molecular flexibility index (Phi) is 2.35. The summed E-state index contributed by atoms with van der Waals surface area (Å²) in [7, 11) is 0. The van der Waals surface area contributed by atoms with Crippen LogP contribution in [-0.4, -0.2) is 11.1 Å². The van der Waals surface area contributed by atoms with E-state index in [2.05, 4.69) is 28.1 Å². The Bertz CT molecular complexity index is 222. The fourth-order valence-corrected chi connectivity index (χ4v) is 2.70. The lowest BCUT2D eigenvalue weighted by atomic mass is 9.64. The molecule has 0 unspecified atom stereocenters. The van der Waals surface area contributed by atoms with Crippen molar-refractivity contribution in [2.45, 2.75) is 19.3 Å². The van der Waals surface area contributed by atoms with Crippen LogP contribution in [0.1, 0.15) is 19.3 Å². The minimum atomic E-state index is 0.367. The summed E-state index contributed by atoms with van der Waals surface area (Å²) in [5.41, 5.74) is 0. The molecule has 2 heteroatoms. The molecule has 1 saturated carbocycles. The van der Waals surface area contributed by atoms with Gasteiger partial charge in [-0.15, -0.1) is 0 Å². The van der Waals surface area contributed by atoms with Gasteiger partial charge in [-0.05, 0) is 25.2 Å². The van der Waals surface area contributed by atoms with Gasteiger partial charge in [0.25, 0.3) is 0 Å². The highest BCUT2D eigenvalue weighted by Gasteiger charge is 2.48. The first-order valence-corrected chi connectivity index (χ1v) is 5.73. The monoisotopic (exact) mass is 228 g/mol. The van der Waals surface area contributed by atoms with Crippen LogP contribution in [0, 0.1) is 17.8 Å². The zero-order valence-electron chi connectivity index (χ0n) is 7.00. The third kappa shape index (κ3) is 1.17. The lowest BCUT2D eigenvalue weighted by molar-refractivity contribution is -0.139. The van der Waals surface area contributed by atoms with Crippen LogP contribution in [0.4, 0.5) is 0 Å². The van der Waals surface area contributed by atoms with Crippen molar-refractivity contribution in [1.29, 1.82) is 0 Å². The third-order valence-corrected chi connectivity index (χ3v) is 3.62. The molecule has 0 saturated heterocycles. The van der Waals surface area contributed by atoms with Crippen LogP contribution in [0.3, 0.4) is 0 Å². The molecule has 66 valence electrons. The van der Waals surface area contributed by atoms with Gasteiger partial charge >= 0.3 is 0 Å². The molecule has 1 fully saturated rings. The normalized spacial score (nSPS) is 38.1. The molecular weight excluding hydrogens is 216 g/mol. The van der Waals surface area contributed by atoms with E-state index in [1.165, 1.54) is 0 Å². The van der Waals surface area contributed by atoms with E-state index in [4.69, 9.17) is 0 Å². The average Bonchev–Trinajstić information content (AvgIpc) is 2.49. The zero-order chi connectivity index (χ0) is 8.55. The molecule has 0 radical (unpaired) electrons. The van der Waals surface area contributed by atoms with E-state index in [0.29, 0.717) is 23.5 Å². The molecule has 2 rings (SSSR count). The van der Waals surface area contributed by atoms with Gasteiger partial charge < -0.3 is 0 Å². The maximum absolute atomic E-state index is 11.5. The molecule has 0 aliphatic heterocycles. The number of hydrogen-bond acceptors (Lipinski definition) is 1. The van der Waals surface area contributed by atoms with Gasteiger partial charge in [0.15, 0.2) is 0 Å². The van der Waals surface area contributed by atoms with E-state index in [1.54, 1.807) is 0 Å². The Labute approximate surface area is 81.4 Å². The maximum atomic E-state index is 11.5. The predicted molar refractivity (Wildman–Crippen MR) is 52.3 cm³/mol. The van der Waals surface area contributed by atoms with Gasteiger partial charge in [-0.25, -0.2) is 0 Å². The Morgan fingerprint density at radius 3 is 3.17 bits per heavy atom. The lowest BCUT2D eigenvalue weighted by Gasteiger charge is -2.38. The third-order valence-electron chi connectivity index (χ3n) is 3.06. The number of allylic oxidation sites excluding steroid dienone is 2. The van der Waals surface area contributed by atoms with E-state index in [9.17, 15) is 4.79 Å². The van der Waals surface area contributed by atoms with Crippen molar-refractivity contribution in [3.05, 3.63) is 12.2 Å². The fourth-order valence-electron chi connectivity index (χ4n) is 2.37. The number of carbonyl (C=O) groups excluding carboxylic acids is 1. The molecule has 0 N–H and O–H groups in total. The van der Waals surface area contributed by atoms with E-state index in [-0.39, 0.29) is 0 Å². The Morgan fingerprint density at radius 2 is 2.42 bits per heavy atom. The van der Waals surface area contributed by atoms with Crippen molar-refractivity contribution in [1.82, 2.24) is 0 Å². The summed E-state index contributed by atoms with van der Waals surface area (Å²) in [5, 5.41) is 1.03. The summed E-state index contributed by atoms with van der Waals surface area (Å²) in [6.07, 6.45) is 7.63. The molecule has 0 heterocycles. The second-order valence-electron chi connectivity index (χ2n) is 3.69. The number of halogens is 1. The highest BCUT2D eigenvalue weighted by molar-refractivity contribution is 9.09. The first kappa shape index (κ1) is 8.49. The molecule has 0 bridgehead atoms. The van der Waals surface area contributed by atoms with Crippen molar-refractivity contribution in [3.8, 4) is 0 Å². The van der Waals surface area contributed by atoms with Gasteiger partial charge in [0.2, 0.25) is 0 Å². The fraction of sp³-hybridized carbons (Fsp3) is 0.700. The number of fused-ring (bicyclic) bond motifs is 1. The van der Waals surface area contributed by atoms with E-state index >= 15 is 0 Å². The second-order valence-corrected chi connectivity index (χ2v) is 4.48. The van der Waals surface area contributed by atoms with Gasteiger partial charge in [0.1, 0.15) is 5.78 Å². The number of Topliss-reactive ketones (excluding diaryl/α,β-unsaturated/α-hetero) is 1. The van der Waals surface area contributed by atoms with Crippen LogP contribution >= 0.6 is 15.9 Å². The Balaban J connectivity index is 1.91. The summed E-state index contributed by atoms with van der Waals surface area (Å²) in [6, 6.07) is 0. The summed E-state index contributed by atoms with van der Waals surface area (Å²) >= 11 is 3.39. The topological polar surface area (TPSA) is 17.1 Å².